The average Bonchev–Trinajstić information content (AvgIpc) is 2.67. The van der Waals surface area contributed by atoms with Crippen LogP contribution < -0.4 is 10.3 Å². The molecule has 2 N–H and O–H groups in total. The van der Waals surface area contributed by atoms with Gasteiger partial charge in [0.1, 0.15) is 5.92 Å². The maximum atomic E-state index is 12.0. The van der Waals surface area contributed by atoms with Crippen LogP contribution in [0.4, 0.5) is 10.5 Å². The summed E-state index contributed by atoms with van der Waals surface area (Å²) >= 11 is 0. The van der Waals surface area contributed by atoms with Crippen LogP contribution in [-0.2, 0) is 4.79 Å². The Hall–Kier alpha value is -2.08. The maximum Gasteiger partial charge on any atom is 0.336 e. The number of hydrazine groups is 1. The number of carbonyl (C=O) groups is 2. The Morgan fingerprint density at radius 3 is 2.67 bits per heavy atom. The van der Waals surface area contributed by atoms with Crippen LogP contribution in [0.1, 0.15) is 11.5 Å². The number of amides is 2. The fourth-order valence-corrected chi connectivity index (χ4v) is 2.06. The molecule has 1 aliphatic heterocycles. The van der Waals surface area contributed by atoms with Crippen molar-refractivity contribution < 1.29 is 14.7 Å². The molecule has 0 fully saturated rings. The van der Waals surface area contributed by atoms with Gasteiger partial charge < -0.3 is 5.11 Å². The lowest BCUT2D eigenvalue weighted by Crippen LogP contribution is -2.45. The summed E-state index contributed by atoms with van der Waals surface area (Å²) in [6, 6.07) is 6.75. The van der Waals surface area contributed by atoms with Crippen LogP contribution in [0.25, 0.3) is 0 Å². The molecule has 6 nitrogen and oxygen atoms in total. The van der Waals surface area contributed by atoms with E-state index in [0.29, 0.717) is 11.3 Å². The largest absolute Gasteiger partial charge is 0.481 e. The second-order valence-electron chi connectivity index (χ2n) is 4.37. The zero-order valence-corrected chi connectivity index (χ0v) is 10.3. The number of carboxylic acid groups (broad SMARTS) is 1. The number of hydrogen-bond acceptors (Lipinski definition) is 3. The van der Waals surface area contributed by atoms with E-state index in [-0.39, 0.29) is 12.6 Å². The second kappa shape index (κ2) is 4.66. The number of hydrogen-bond donors (Lipinski definition) is 2. The molecule has 1 heterocycles. The minimum Gasteiger partial charge on any atom is -0.481 e. The van der Waals surface area contributed by atoms with E-state index < -0.39 is 11.9 Å². The first-order valence-electron chi connectivity index (χ1n) is 5.58. The van der Waals surface area contributed by atoms with Gasteiger partial charge in [-0.15, -0.1) is 0 Å². The SMILES string of the molecule is CN(C)NC(=O)N1CC(C(=O)O)c2ccccc21. The third kappa shape index (κ3) is 2.14. The lowest BCUT2D eigenvalue weighted by Gasteiger charge is -2.21. The van der Waals surface area contributed by atoms with E-state index in [0.717, 1.165) is 0 Å². The van der Waals surface area contributed by atoms with Crippen molar-refractivity contribution in [2.24, 2.45) is 0 Å². The molecule has 0 saturated carbocycles. The van der Waals surface area contributed by atoms with Crippen molar-refractivity contribution in [3.63, 3.8) is 0 Å². The summed E-state index contributed by atoms with van der Waals surface area (Å²) in [6.45, 7) is 0.161. The number of para-hydroxylation sites is 1. The molecule has 0 spiro atoms. The molecule has 18 heavy (non-hydrogen) atoms. The van der Waals surface area contributed by atoms with E-state index >= 15 is 0 Å². The van der Waals surface area contributed by atoms with Gasteiger partial charge >= 0.3 is 12.0 Å². The van der Waals surface area contributed by atoms with E-state index in [1.165, 1.54) is 9.91 Å². The van der Waals surface area contributed by atoms with Crippen molar-refractivity contribution >= 4 is 17.7 Å². The fourth-order valence-electron chi connectivity index (χ4n) is 2.06. The molecule has 1 unspecified atom stereocenters. The Kier molecular flexibility index (Phi) is 3.20. The zero-order chi connectivity index (χ0) is 13.3. The Morgan fingerprint density at radius 1 is 1.39 bits per heavy atom. The molecule has 96 valence electrons. The molecular weight excluding hydrogens is 234 g/mol. The number of nitrogens with one attached hydrogen (secondary N) is 1. The van der Waals surface area contributed by atoms with Gasteiger partial charge in [0, 0.05) is 26.3 Å². The van der Waals surface area contributed by atoms with Crippen LogP contribution in [0, 0.1) is 0 Å². The van der Waals surface area contributed by atoms with E-state index in [9.17, 15) is 14.7 Å². The molecule has 1 aromatic carbocycles. The molecule has 6 heteroatoms. The van der Waals surface area contributed by atoms with E-state index in [2.05, 4.69) is 5.43 Å². The summed E-state index contributed by atoms with van der Waals surface area (Å²) in [7, 11) is 3.41. The summed E-state index contributed by atoms with van der Waals surface area (Å²) in [4.78, 5) is 24.6. The lowest BCUT2D eigenvalue weighted by molar-refractivity contribution is -0.138. The Balaban J connectivity index is 2.31. The zero-order valence-electron chi connectivity index (χ0n) is 10.3. The van der Waals surface area contributed by atoms with Gasteiger partial charge in [-0.25, -0.2) is 9.80 Å². The average molecular weight is 249 g/mol. The first-order valence-corrected chi connectivity index (χ1v) is 5.58. The van der Waals surface area contributed by atoms with Gasteiger partial charge in [-0.3, -0.25) is 15.1 Å². The third-order valence-electron chi connectivity index (χ3n) is 2.83. The standard InChI is InChI=1S/C12H15N3O3/c1-14(2)13-12(18)15-7-9(11(16)17)8-5-3-4-6-10(8)15/h3-6,9H,7H2,1-2H3,(H,13,18)(H,16,17). The molecule has 0 saturated heterocycles. The van der Waals surface area contributed by atoms with Crippen LogP contribution in [0.5, 0.6) is 0 Å². The summed E-state index contributed by atoms with van der Waals surface area (Å²) in [5, 5.41) is 10.7. The number of fused-ring (bicyclic) bond motifs is 1. The Labute approximate surface area is 105 Å². The number of nitrogens with zero attached hydrogens (tertiary/aromatic N) is 2. The van der Waals surface area contributed by atoms with Gasteiger partial charge in [-0.2, -0.15) is 0 Å². The van der Waals surface area contributed by atoms with E-state index in [1.807, 2.05) is 0 Å². The van der Waals surface area contributed by atoms with Crippen LogP contribution >= 0.6 is 0 Å². The maximum absolute atomic E-state index is 12.0. The monoisotopic (exact) mass is 249 g/mol. The highest BCUT2D eigenvalue weighted by molar-refractivity contribution is 5.97. The highest BCUT2D eigenvalue weighted by Crippen LogP contribution is 2.36. The van der Waals surface area contributed by atoms with Gasteiger partial charge in [0.05, 0.1) is 0 Å². The first-order chi connectivity index (χ1) is 8.50. The van der Waals surface area contributed by atoms with Crippen molar-refractivity contribution in [1.29, 1.82) is 0 Å². The third-order valence-corrected chi connectivity index (χ3v) is 2.83. The fraction of sp³-hybridized carbons (Fsp3) is 0.333. The Morgan fingerprint density at radius 2 is 2.06 bits per heavy atom. The van der Waals surface area contributed by atoms with Crippen LogP contribution in [0.2, 0.25) is 0 Å². The highest BCUT2D eigenvalue weighted by atomic mass is 16.4. The number of anilines is 1. The number of benzene rings is 1. The van der Waals surface area contributed by atoms with Gasteiger partial charge in [-0.1, -0.05) is 18.2 Å². The first kappa shape index (κ1) is 12.4. The number of rotatable bonds is 2. The van der Waals surface area contributed by atoms with Crippen molar-refractivity contribution in [3.05, 3.63) is 29.8 Å². The summed E-state index contributed by atoms with van der Waals surface area (Å²) < 4.78 is 0. The van der Waals surface area contributed by atoms with Crippen LogP contribution in [-0.4, -0.2) is 42.8 Å². The minimum atomic E-state index is -0.914. The van der Waals surface area contributed by atoms with Crippen molar-refractivity contribution in [1.82, 2.24) is 10.4 Å². The van der Waals surface area contributed by atoms with Gasteiger partial charge in [0.2, 0.25) is 0 Å². The van der Waals surface area contributed by atoms with E-state index in [4.69, 9.17) is 0 Å². The molecule has 0 radical (unpaired) electrons. The predicted octanol–water partition coefficient (Wildman–Crippen LogP) is 0.861. The molecule has 0 aliphatic carbocycles. The molecule has 0 aromatic heterocycles. The van der Waals surface area contributed by atoms with Crippen molar-refractivity contribution in [2.75, 3.05) is 25.5 Å². The van der Waals surface area contributed by atoms with Crippen molar-refractivity contribution in [2.45, 2.75) is 5.92 Å². The molecule has 1 atom stereocenters. The number of carboxylic acids is 1. The summed E-state index contributed by atoms with van der Waals surface area (Å²) in [6.07, 6.45) is 0. The number of aliphatic carboxylic acids is 1. The highest BCUT2D eigenvalue weighted by Gasteiger charge is 2.36. The summed E-state index contributed by atoms with van der Waals surface area (Å²) in [5.74, 6) is -1.57. The van der Waals surface area contributed by atoms with Gasteiger partial charge in [0.25, 0.3) is 0 Å². The second-order valence-corrected chi connectivity index (χ2v) is 4.37. The van der Waals surface area contributed by atoms with Crippen LogP contribution in [0.15, 0.2) is 24.3 Å². The quantitative estimate of drug-likeness (QED) is 0.762. The van der Waals surface area contributed by atoms with Crippen LogP contribution in [0.3, 0.4) is 0 Å². The minimum absolute atomic E-state index is 0.161. The van der Waals surface area contributed by atoms with Crippen molar-refractivity contribution in [3.8, 4) is 0 Å². The molecule has 2 rings (SSSR count). The molecule has 1 aromatic rings. The molecule has 0 bridgehead atoms. The van der Waals surface area contributed by atoms with Gasteiger partial charge in [-0.05, 0) is 11.6 Å². The smallest absolute Gasteiger partial charge is 0.336 e. The number of carbonyl (C=O) groups excluding carboxylic acids is 1. The molecular formula is C12H15N3O3. The van der Waals surface area contributed by atoms with Gasteiger partial charge in [0.15, 0.2) is 0 Å². The topological polar surface area (TPSA) is 72.9 Å². The number of urea groups is 1. The summed E-state index contributed by atoms with van der Waals surface area (Å²) in [5.41, 5.74) is 3.95. The predicted molar refractivity (Wildman–Crippen MR) is 66.4 cm³/mol. The lowest BCUT2D eigenvalue weighted by atomic mass is 10.0. The normalized spacial score (nSPS) is 17.7. The Bertz CT molecular complexity index is 487. The molecule has 2 amide bonds. The molecule has 1 aliphatic rings. The van der Waals surface area contributed by atoms with E-state index in [1.54, 1.807) is 38.4 Å².